The molecule has 0 fully saturated rings. The van der Waals surface area contributed by atoms with Crippen LogP contribution in [0.1, 0.15) is 13.3 Å². The van der Waals surface area contributed by atoms with Gasteiger partial charge >= 0.3 is 5.97 Å². The highest BCUT2D eigenvalue weighted by atomic mass is 16.4. The molecule has 0 spiro atoms. The van der Waals surface area contributed by atoms with Gasteiger partial charge in [-0.25, -0.2) is 4.79 Å². The number of aliphatic carboxylic acids is 1. The van der Waals surface area contributed by atoms with Gasteiger partial charge in [-0.05, 0) is 7.05 Å². The van der Waals surface area contributed by atoms with Gasteiger partial charge < -0.3 is 15.7 Å². The van der Waals surface area contributed by atoms with Gasteiger partial charge in [0, 0.05) is 18.9 Å². The number of carbonyl (C=O) groups excluding carboxylic acids is 1. The van der Waals surface area contributed by atoms with E-state index in [0.29, 0.717) is 6.54 Å². The number of nitrogens with one attached hydrogen (secondary N) is 2. The lowest BCUT2D eigenvalue weighted by molar-refractivity contribution is -0.142. The van der Waals surface area contributed by atoms with Crippen LogP contribution in [-0.2, 0) is 9.59 Å². The van der Waals surface area contributed by atoms with Crippen LogP contribution in [0.25, 0.3) is 0 Å². The predicted molar refractivity (Wildman–Crippen MR) is 56.1 cm³/mol. The van der Waals surface area contributed by atoms with Gasteiger partial charge in [-0.2, -0.15) is 0 Å². The summed E-state index contributed by atoms with van der Waals surface area (Å²) >= 11 is 0. The minimum Gasteiger partial charge on any atom is -0.480 e. The molecule has 0 saturated heterocycles. The molecular formula is C10H16N2O3. The number of terminal acetylenes is 1. The summed E-state index contributed by atoms with van der Waals surface area (Å²) < 4.78 is 0. The lowest BCUT2D eigenvalue weighted by atomic mass is 10.1. The van der Waals surface area contributed by atoms with Crippen molar-refractivity contribution < 1.29 is 14.7 Å². The van der Waals surface area contributed by atoms with Gasteiger partial charge in [0.05, 0.1) is 0 Å². The fourth-order valence-electron chi connectivity index (χ4n) is 1.03. The van der Waals surface area contributed by atoms with E-state index in [9.17, 15) is 9.59 Å². The van der Waals surface area contributed by atoms with Gasteiger partial charge in [-0.3, -0.25) is 4.79 Å². The van der Waals surface area contributed by atoms with Crippen molar-refractivity contribution in [3.63, 3.8) is 0 Å². The predicted octanol–water partition coefficient (Wildman–Crippen LogP) is -0.565. The van der Waals surface area contributed by atoms with Crippen LogP contribution in [0.3, 0.4) is 0 Å². The summed E-state index contributed by atoms with van der Waals surface area (Å²) in [6.45, 7) is 2.20. The standard InChI is InChI=1S/C10H16N2O3/c1-4-5-8(10(14)15)12-9(13)7(2)6-11-3/h1,7-8,11H,5-6H2,2-3H3,(H,12,13)(H,14,15). The Morgan fingerprint density at radius 3 is 2.53 bits per heavy atom. The Bertz CT molecular complexity index is 270. The second kappa shape index (κ2) is 6.85. The van der Waals surface area contributed by atoms with Crippen molar-refractivity contribution in [2.75, 3.05) is 13.6 Å². The Hall–Kier alpha value is -1.54. The van der Waals surface area contributed by atoms with Gasteiger partial charge in [0.25, 0.3) is 0 Å². The van der Waals surface area contributed by atoms with Crippen LogP contribution in [0.4, 0.5) is 0 Å². The average molecular weight is 212 g/mol. The number of amides is 1. The fraction of sp³-hybridized carbons (Fsp3) is 0.600. The number of carboxylic acid groups (broad SMARTS) is 1. The lowest BCUT2D eigenvalue weighted by Crippen LogP contribution is -2.44. The van der Waals surface area contributed by atoms with Gasteiger partial charge in [0.2, 0.25) is 5.91 Å². The summed E-state index contributed by atoms with van der Waals surface area (Å²) in [5.41, 5.74) is 0. The molecule has 0 rings (SSSR count). The van der Waals surface area contributed by atoms with Crippen LogP contribution in [0.2, 0.25) is 0 Å². The second-order valence-electron chi connectivity index (χ2n) is 3.27. The van der Waals surface area contributed by atoms with Crippen molar-refractivity contribution >= 4 is 11.9 Å². The summed E-state index contributed by atoms with van der Waals surface area (Å²) in [6, 6.07) is -0.998. The van der Waals surface area contributed by atoms with E-state index in [-0.39, 0.29) is 18.2 Å². The molecule has 0 heterocycles. The largest absolute Gasteiger partial charge is 0.480 e. The van der Waals surface area contributed by atoms with Crippen molar-refractivity contribution in [2.45, 2.75) is 19.4 Å². The molecule has 0 aliphatic heterocycles. The Balaban J connectivity index is 4.23. The average Bonchev–Trinajstić information content (AvgIpc) is 2.17. The molecule has 5 heteroatoms. The van der Waals surface area contributed by atoms with Crippen molar-refractivity contribution in [3.05, 3.63) is 0 Å². The van der Waals surface area contributed by atoms with Crippen molar-refractivity contribution in [3.8, 4) is 12.3 Å². The first-order valence-corrected chi connectivity index (χ1v) is 4.64. The molecule has 0 bridgehead atoms. The van der Waals surface area contributed by atoms with E-state index in [1.165, 1.54) is 0 Å². The Morgan fingerprint density at radius 1 is 1.53 bits per heavy atom. The quantitative estimate of drug-likeness (QED) is 0.515. The molecule has 1 amide bonds. The van der Waals surface area contributed by atoms with Crippen molar-refractivity contribution in [1.82, 2.24) is 10.6 Å². The van der Waals surface area contributed by atoms with Crippen molar-refractivity contribution in [2.24, 2.45) is 5.92 Å². The van der Waals surface area contributed by atoms with Crippen LogP contribution in [0, 0.1) is 18.3 Å². The molecule has 0 aliphatic carbocycles. The Morgan fingerprint density at radius 2 is 2.13 bits per heavy atom. The maximum atomic E-state index is 11.4. The molecule has 15 heavy (non-hydrogen) atoms. The van der Waals surface area contributed by atoms with E-state index in [2.05, 4.69) is 16.6 Å². The van der Waals surface area contributed by atoms with E-state index < -0.39 is 12.0 Å². The summed E-state index contributed by atoms with van der Waals surface area (Å²) in [6.07, 6.45) is 4.99. The minimum absolute atomic E-state index is 0.00660. The zero-order valence-electron chi connectivity index (χ0n) is 8.91. The van der Waals surface area contributed by atoms with E-state index >= 15 is 0 Å². The van der Waals surface area contributed by atoms with Gasteiger partial charge in [0.1, 0.15) is 6.04 Å². The van der Waals surface area contributed by atoms with Crippen LogP contribution < -0.4 is 10.6 Å². The molecule has 2 atom stereocenters. The third-order valence-corrected chi connectivity index (χ3v) is 1.89. The molecule has 0 aliphatic rings. The zero-order valence-corrected chi connectivity index (χ0v) is 8.91. The highest BCUT2D eigenvalue weighted by Gasteiger charge is 2.21. The van der Waals surface area contributed by atoms with Gasteiger partial charge in [0.15, 0.2) is 0 Å². The third kappa shape index (κ3) is 5.03. The van der Waals surface area contributed by atoms with E-state index in [1.54, 1.807) is 14.0 Å². The lowest BCUT2D eigenvalue weighted by Gasteiger charge is -2.15. The van der Waals surface area contributed by atoms with Crippen LogP contribution in [0.15, 0.2) is 0 Å². The number of carboxylic acids is 1. The summed E-state index contributed by atoms with van der Waals surface area (Å²) in [4.78, 5) is 22.1. The molecule has 0 radical (unpaired) electrons. The van der Waals surface area contributed by atoms with Gasteiger partial charge in [-0.15, -0.1) is 12.3 Å². The van der Waals surface area contributed by atoms with Gasteiger partial charge in [-0.1, -0.05) is 6.92 Å². The normalized spacial score (nSPS) is 13.7. The molecule has 0 aromatic heterocycles. The number of hydrogen-bond donors (Lipinski definition) is 3. The van der Waals surface area contributed by atoms with Crippen molar-refractivity contribution in [1.29, 1.82) is 0 Å². The first kappa shape index (κ1) is 13.5. The Labute approximate surface area is 89.2 Å². The number of rotatable bonds is 6. The SMILES string of the molecule is C#CCC(NC(=O)C(C)CNC)C(=O)O. The maximum Gasteiger partial charge on any atom is 0.327 e. The molecule has 0 saturated carbocycles. The molecule has 5 nitrogen and oxygen atoms in total. The van der Waals surface area contributed by atoms with Crippen LogP contribution in [0.5, 0.6) is 0 Å². The smallest absolute Gasteiger partial charge is 0.327 e. The van der Waals surface area contributed by atoms with E-state index in [4.69, 9.17) is 11.5 Å². The number of hydrogen-bond acceptors (Lipinski definition) is 3. The first-order valence-electron chi connectivity index (χ1n) is 4.64. The molecule has 0 aromatic rings. The minimum atomic E-state index is -1.11. The van der Waals surface area contributed by atoms with Crippen LogP contribution >= 0.6 is 0 Å². The fourth-order valence-corrected chi connectivity index (χ4v) is 1.03. The highest BCUT2D eigenvalue weighted by Crippen LogP contribution is 1.97. The molecule has 2 unspecified atom stereocenters. The zero-order chi connectivity index (χ0) is 11.8. The molecule has 3 N–H and O–H groups in total. The van der Waals surface area contributed by atoms with E-state index in [0.717, 1.165) is 0 Å². The topological polar surface area (TPSA) is 78.4 Å². The maximum absolute atomic E-state index is 11.4. The summed E-state index contributed by atoms with van der Waals surface area (Å²) in [7, 11) is 1.72. The summed E-state index contributed by atoms with van der Waals surface area (Å²) in [5.74, 6) is 0.506. The first-order chi connectivity index (χ1) is 7.02. The highest BCUT2D eigenvalue weighted by molar-refractivity contribution is 5.85. The summed E-state index contributed by atoms with van der Waals surface area (Å²) in [5, 5.41) is 14.0. The van der Waals surface area contributed by atoms with E-state index in [1.807, 2.05) is 0 Å². The molecule has 0 aromatic carbocycles. The molecular weight excluding hydrogens is 196 g/mol. The molecule has 84 valence electrons. The second-order valence-corrected chi connectivity index (χ2v) is 3.27. The number of carbonyl (C=O) groups is 2. The third-order valence-electron chi connectivity index (χ3n) is 1.89. The van der Waals surface area contributed by atoms with Crippen LogP contribution in [-0.4, -0.2) is 36.6 Å². The Kier molecular flexibility index (Phi) is 6.14. The monoisotopic (exact) mass is 212 g/mol.